The predicted molar refractivity (Wildman–Crippen MR) is 183 cm³/mol. The van der Waals surface area contributed by atoms with E-state index in [0.717, 1.165) is 16.7 Å². The highest BCUT2D eigenvalue weighted by Crippen LogP contribution is 2.22. The lowest BCUT2D eigenvalue weighted by Crippen LogP contribution is -2.54. The maximum atomic E-state index is 13.7. The van der Waals surface area contributed by atoms with Crippen LogP contribution in [0.4, 0.5) is 0 Å². The standard InChI is InChI=1S/C38H40N4O6/c1-2-42-22-24-48-34-16-10-9-15-31(34)36(44)41-32(26-35(43)40-33(38(42)46)25-27-11-5-3-6-12-27)37(45)39-21-23-47-30-19-17-29(18-20-30)28-13-7-4-8-14-28/h3-20,32-33H,2,21-26H2,1H3,(H,39,45)(H,40,43)(H,41,44)/t32-,33-/m0/s1. The zero-order valence-electron chi connectivity index (χ0n) is 26.9. The maximum absolute atomic E-state index is 13.7. The summed E-state index contributed by atoms with van der Waals surface area (Å²) in [6.07, 6.45) is -0.119. The van der Waals surface area contributed by atoms with E-state index in [9.17, 15) is 19.2 Å². The number of hydrogen-bond acceptors (Lipinski definition) is 6. The van der Waals surface area contributed by atoms with Crippen molar-refractivity contribution in [1.82, 2.24) is 20.9 Å². The van der Waals surface area contributed by atoms with Crippen LogP contribution in [0.1, 0.15) is 29.3 Å². The number of carbonyl (C=O) groups is 4. The van der Waals surface area contributed by atoms with Crippen molar-refractivity contribution in [2.45, 2.75) is 31.8 Å². The number of hydrogen-bond donors (Lipinski definition) is 3. The van der Waals surface area contributed by atoms with E-state index < -0.39 is 29.8 Å². The molecule has 1 aliphatic heterocycles. The Morgan fingerprint density at radius 1 is 0.854 bits per heavy atom. The van der Waals surface area contributed by atoms with E-state index in [1.54, 1.807) is 29.2 Å². The van der Waals surface area contributed by atoms with Crippen LogP contribution in [-0.4, -0.2) is 73.5 Å². The van der Waals surface area contributed by atoms with Crippen LogP contribution in [0.2, 0.25) is 0 Å². The molecule has 0 aliphatic carbocycles. The van der Waals surface area contributed by atoms with Gasteiger partial charge < -0.3 is 30.3 Å². The number of amides is 4. The molecule has 1 heterocycles. The molecular weight excluding hydrogens is 608 g/mol. The molecule has 0 fully saturated rings. The third-order valence-corrected chi connectivity index (χ3v) is 8.00. The quantitative estimate of drug-likeness (QED) is 0.236. The summed E-state index contributed by atoms with van der Waals surface area (Å²) >= 11 is 0. The molecule has 0 radical (unpaired) electrons. The lowest BCUT2D eigenvalue weighted by molar-refractivity contribution is -0.137. The number of carbonyl (C=O) groups excluding carboxylic acids is 4. The summed E-state index contributed by atoms with van der Waals surface area (Å²) in [6, 6.07) is 31.6. The van der Waals surface area contributed by atoms with Gasteiger partial charge in [-0.1, -0.05) is 84.9 Å². The van der Waals surface area contributed by atoms with Gasteiger partial charge in [0.1, 0.15) is 36.8 Å². The first-order valence-corrected chi connectivity index (χ1v) is 16.1. The molecular formula is C38H40N4O6. The Hall–Kier alpha value is -5.64. The second kappa shape index (κ2) is 16.8. The van der Waals surface area contributed by atoms with Crippen LogP contribution in [-0.2, 0) is 20.8 Å². The van der Waals surface area contributed by atoms with Crippen molar-refractivity contribution < 1.29 is 28.7 Å². The van der Waals surface area contributed by atoms with Crippen LogP contribution in [0.3, 0.4) is 0 Å². The van der Waals surface area contributed by atoms with E-state index in [4.69, 9.17) is 9.47 Å². The monoisotopic (exact) mass is 648 g/mol. The van der Waals surface area contributed by atoms with Gasteiger partial charge in [-0.2, -0.15) is 0 Å². The van der Waals surface area contributed by atoms with Crippen molar-refractivity contribution >= 4 is 23.6 Å². The molecule has 0 saturated heterocycles. The molecule has 0 spiro atoms. The van der Waals surface area contributed by atoms with Crippen LogP contribution in [0.15, 0.2) is 109 Å². The number of nitrogens with one attached hydrogen (secondary N) is 3. The Bertz CT molecular complexity index is 1680. The maximum Gasteiger partial charge on any atom is 0.255 e. The number of fused-ring (bicyclic) bond motifs is 1. The number of likely N-dealkylation sites (N-methyl/N-ethyl adjacent to an activating group) is 1. The highest BCUT2D eigenvalue weighted by Gasteiger charge is 2.30. The average Bonchev–Trinajstić information content (AvgIpc) is 3.12. The fourth-order valence-electron chi connectivity index (χ4n) is 5.46. The Morgan fingerprint density at radius 3 is 2.25 bits per heavy atom. The van der Waals surface area contributed by atoms with E-state index >= 15 is 0 Å². The topological polar surface area (TPSA) is 126 Å². The van der Waals surface area contributed by atoms with E-state index in [1.165, 1.54) is 0 Å². The minimum atomic E-state index is -1.23. The summed E-state index contributed by atoms with van der Waals surface area (Å²) in [5, 5.41) is 8.31. The molecule has 2 atom stereocenters. The van der Waals surface area contributed by atoms with Crippen LogP contribution in [0, 0.1) is 0 Å². The van der Waals surface area contributed by atoms with Crippen molar-refractivity contribution in [2.24, 2.45) is 0 Å². The van der Waals surface area contributed by atoms with Gasteiger partial charge in [0.2, 0.25) is 17.7 Å². The first-order valence-electron chi connectivity index (χ1n) is 16.1. The summed E-state index contributed by atoms with van der Waals surface area (Å²) in [7, 11) is 0. The van der Waals surface area contributed by atoms with Gasteiger partial charge in [-0.05, 0) is 47.9 Å². The van der Waals surface area contributed by atoms with E-state index in [2.05, 4.69) is 16.0 Å². The summed E-state index contributed by atoms with van der Waals surface area (Å²) in [6.45, 7) is 2.95. The largest absolute Gasteiger partial charge is 0.492 e. The molecule has 48 heavy (non-hydrogen) atoms. The molecule has 248 valence electrons. The molecule has 4 aromatic rings. The lowest BCUT2D eigenvalue weighted by atomic mass is 10.0. The molecule has 0 bridgehead atoms. The molecule has 0 saturated carbocycles. The Labute approximate surface area is 280 Å². The molecule has 10 heteroatoms. The van der Waals surface area contributed by atoms with Crippen molar-refractivity contribution in [2.75, 3.05) is 32.8 Å². The lowest BCUT2D eigenvalue weighted by Gasteiger charge is -2.28. The second-order valence-electron chi connectivity index (χ2n) is 11.3. The molecule has 4 amide bonds. The minimum absolute atomic E-state index is 0.132. The highest BCUT2D eigenvalue weighted by atomic mass is 16.5. The number of nitrogens with zero attached hydrogens (tertiary/aromatic N) is 1. The van der Waals surface area contributed by atoms with Crippen molar-refractivity contribution in [3.63, 3.8) is 0 Å². The average molecular weight is 649 g/mol. The molecule has 1 aliphatic rings. The smallest absolute Gasteiger partial charge is 0.255 e. The highest BCUT2D eigenvalue weighted by molar-refractivity contribution is 6.01. The van der Waals surface area contributed by atoms with Gasteiger partial charge in [-0.25, -0.2) is 0 Å². The fourth-order valence-corrected chi connectivity index (χ4v) is 5.46. The number of para-hydroxylation sites is 1. The minimum Gasteiger partial charge on any atom is -0.492 e. The van der Waals surface area contributed by atoms with E-state index in [1.807, 2.05) is 91.9 Å². The Balaban J connectivity index is 1.28. The molecule has 0 aromatic heterocycles. The third kappa shape index (κ3) is 9.22. The number of benzene rings is 4. The van der Waals surface area contributed by atoms with E-state index in [0.29, 0.717) is 18.0 Å². The number of rotatable bonds is 9. The Morgan fingerprint density at radius 2 is 1.52 bits per heavy atom. The predicted octanol–water partition coefficient (Wildman–Crippen LogP) is 4.01. The van der Waals surface area contributed by atoms with Gasteiger partial charge in [0.15, 0.2) is 0 Å². The molecule has 4 aromatic carbocycles. The summed E-state index contributed by atoms with van der Waals surface area (Å²) < 4.78 is 11.8. The van der Waals surface area contributed by atoms with Crippen molar-refractivity contribution in [3.05, 3.63) is 120 Å². The third-order valence-electron chi connectivity index (χ3n) is 8.00. The van der Waals surface area contributed by atoms with Gasteiger partial charge in [0, 0.05) is 13.0 Å². The molecule has 0 unspecified atom stereocenters. The van der Waals surface area contributed by atoms with Crippen molar-refractivity contribution in [3.8, 4) is 22.6 Å². The first kappa shape index (κ1) is 33.7. The summed E-state index contributed by atoms with van der Waals surface area (Å²) in [4.78, 5) is 55.6. The van der Waals surface area contributed by atoms with Crippen LogP contribution >= 0.6 is 0 Å². The van der Waals surface area contributed by atoms with Crippen LogP contribution in [0.25, 0.3) is 11.1 Å². The fraction of sp³-hybridized carbons (Fsp3) is 0.263. The SMILES string of the molecule is CCN1CCOc2ccccc2C(=O)N[C@H](C(=O)NCCOc2ccc(-c3ccccc3)cc2)CC(=O)N[C@@H](Cc2ccccc2)C1=O. The van der Waals surface area contributed by atoms with Gasteiger partial charge in [-0.3, -0.25) is 19.2 Å². The Kier molecular flexibility index (Phi) is 11.8. The van der Waals surface area contributed by atoms with E-state index in [-0.39, 0.29) is 50.6 Å². The molecule has 5 rings (SSSR count). The number of ether oxygens (including phenoxy) is 2. The first-order chi connectivity index (χ1) is 23.4. The normalized spacial score (nSPS) is 17.2. The van der Waals surface area contributed by atoms with Crippen LogP contribution in [0.5, 0.6) is 11.5 Å². The van der Waals surface area contributed by atoms with Gasteiger partial charge in [0.05, 0.1) is 25.1 Å². The second-order valence-corrected chi connectivity index (χ2v) is 11.3. The summed E-state index contributed by atoms with van der Waals surface area (Å²) in [5.74, 6) is -0.976. The van der Waals surface area contributed by atoms with Gasteiger partial charge in [-0.15, -0.1) is 0 Å². The van der Waals surface area contributed by atoms with Crippen LogP contribution < -0.4 is 25.4 Å². The zero-order valence-corrected chi connectivity index (χ0v) is 26.9. The van der Waals surface area contributed by atoms with Gasteiger partial charge in [0.25, 0.3) is 5.91 Å². The summed E-state index contributed by atoms with van der Waals surface area (Å²) in [5.41, 5.74) is 3.24. The zero-order chi connectivity index (χ0) is 33.7. The molecule has 3 N–H and O–H groups in total. The van der Waals surface area contributed by atoms with Crippen molar-refractivity contribution in [1.29, 1.82) is 0 Å². The van der Waals surface area contributed by atoms with Gasteiger partial charge >= 0.3 is 0 Å². The molecule has 10 nitrogen and oxygen atoms in total.